The molecule has 0 saturated heterocycles. The van der Waals surface area contributed by atoms with Crippen LogP contribution in [-0.2, 0) is 16.1 Å². The zero-order valence-corrected chi connectivity index (χ0v) is 14.0. The molecule has 124 valence electrons. The van der Waals surface area contributed by atoms with Gasteiger partial charge in [-0.25, -0.2) is 4.79 Å². The first kappa shape index (κ1) is 18.5. The third-order valence-electron chi connectivity index (χ3n) is 3.12. The molecule has 1 atom stereocenters. The highest BCUT2D eigenvalue weighted by Gasteiger charge is 2.05. The first-order valence-electron chi connectivity index (χ1n) is 7.87. The summed E-state index contributed by atoms with van der Waals surface area (Å²) in [7, 11) is 0. The van der Waals surface area contributed by atoms with Crippen molar-refractivity contribution in [1.82, 2.24) is 5.32 Å². The average Bonchev–Trinajstić information content (AvgIpc) is 2.46. The first-order valence-corrected chi connectivity index (χ1v) is 7.87. The van der Waals surface area contributed by atoms with E-state index in [1.54, 1.807) is 0 Å². The number of urea groups is 1. The molecule has 1 rings (SSSR count). The molecule has 5 heteroatoms. The Bertz CT molecular complexity index is 449. The Morgan fingerprint density at radius 1 is 1.23 bits per heavy atom. The minimum absolute atomic E-state index is 0.160. The zero-order valence-electron chi connectivity index (χ0n) is 14.0. The van der Waals surface area contributed by atoms with Crippen molar-refractivity contribution >= 4 is 11.7 Å². The first-order chi connectivity index (χ1) is 10.5. The SMILES string of the molecule is CC[C@@H](C)NC(=O)Nc1cccc(COCCOC(C)C)c1. The number of carbonyl (C=O) groups excluding carboxylic acids is 1. The molecule has 0 aliphatic carbocycles. The quantitative estimate of drug-likeness (QED) is 0.686. The minimum atomic E-state index is -0.183. The van der Waals surface area contributed by atoms with Crippen molar-refractivity contribution in [2.45, 2.75) is 52.9 Å². The van der Waals surface area contributed by atoms with Crippen LogP contribution >= 0.6 is 0 Å². The van der Waals surface area contributed by atoms with Gasteiger partial charge in [0, 0.05) is 11.7 Å². The van der Waals surface area contributed by atoms with Gasteiger partial charge in [0.15, 0.2) is 0 Å². The zero-order chi connectivity index (χ0) is 16.4. The summed E-state index contributed by atoms with van der Waals surface area (Å²) < 4.78 is 11.0. The van der Waals surface area contributed by atoms with Crippen molar-refractivity contribution in [2.24, 2.45) is 0 Å². The van der Waals surface area contributed by atoms with Crippen molar-refractivity contribution in [1.29, 1.82) is 0 Å². The Morgan fingerprint density at radius 3 is 2.68 bits per heavy atom. The maximum Gasteiger partial charge on any atom is 0.319 e. The molecule has 0 spiro atoms. The van der Waals surface area contributed by atoms with E-state index in [0.29, 0.717) is 19.8 Å². The number of ether oxygens (including phenoxy) is 2. The Hall–Kier alpha value is -1.59. The highest BCUT2D eigenvalue weighted by atomic mass is 16.5. The monoisotopic (exact) mass is 308 g/mol. The Labute approximate surface area is 133 Å². The second-order valence-corrected chi connectivity index (χ2v) is 5.58. The Morgan fingerprint density at radius 2 is 2.00 bits per heavy atom. The molecule has 2 amide bonds. The van der Waals surface area contributed by atoms with Crippen LogP contribution in [0.1, 0.15) is 39.7 Å². The Kier molecular flexibility index (Phi) is 8.55. The van der Waals surface area contributed by atoms with Crippen LogP contribution in [0, 0.1) is 0 Å². The van der Waals surface area contributed by atoms with Gasteiger partial charge in [-0.2, -0.15) is 0 Å². The van der Waals surface area contributed by atoms with E-state index in [4.69, 9.17) is 9.47 Å². The lowest BCUT2D eigenvalue weighted by molar-refractivity contribution is 0.0143. The lowest BCUT2D eigenvalue weighted by atomic mass is 10.2. The van der Waals surface area contributed by atoms with Gasteiger partial charge in [0.05, 0.1) is 25.9 Å². The smallest absolute Gasteiger partial charge is 0.319 e. The Balaban J connectivity index is 2.37. The van der Waals surface area contributed by atoms with Crippen LogP contribution in [0.5, 0.6) is 0 Å². The van der Waals surface area contributed by atoms with Gasteiger partial charge in [0.2, 0.25) is 0 Å². The van der Waals surface area contributed by atoms with Crippen LogP contribution in [-0.4, -0.2) is 31.4 Å². The van der Waals surface area contributed by atoms with E-state index >= 15 is 0 Å². The van der Waals surface area contributed by atoms with Crippen molar-refractivity contribution in [3.8, 4) is 0 Å². The van der Waals surface area contributed by atoms with Crippen molar-refractivity contribution < 1.29 is 14.3 Å². The second kappa shape index (κ2) is 10.2. The van der Waals surface area contributed by atoms with E-state index in [2.05, 4.69) is 10.6 Å². The molecule has 5 nitrogen and oxygen atoms in total. The summed E-state index contributed by atoms with van der Waals surface area (Å²) >= 11 is 0. The molecule has 0 saturated carbocycles. The number of anilines is 1. The average molecular weight is 308 g/mol. The molecule has 0 radical (unpaired) electrons. The molecule has 1 aromatic carbocycles. The number of hydrogen-bond acceptors (Lipinski definition) is 3. The summed E-state index contributed by atoms with van der Waals surface area (Å²) in [5.74, 6) is 0. The molecule has 0 aromatic heterocycles. The van der Waals surface area contributed by atoms with Gasteiger partial charge >= 0.3 is 6.03 Å². The van der Waals surface area contributed by atoms with Crippen molar-refractivity contribution in [3.63, 3.8) is 0 Å². The summed E-state index contributed by atoms with van der Waals surface area (Å²) in [6.07, 6.45) is 1.12. The number of nitrogens with one attached hydrogen (secondary N) is 2. The van der Waals surface area contributed by atoms with Gasteiger partial charge in [-0.1, -0.05) is 19.1 Å². The van der Waals surface area contributed by atoms with E-state index in [1.165, 1.54) is 0 Å². The number of carbonyl (C=O) groups is 1. The molecule has 1 aromatic rings. The van der Waals surface area contributed by atoms with Gasteiger partial charge in [0.1, 0.15) is 0 Å². The van der Waals surface area contributed by atoms with Crippen LogP contribution in [0.3, 0.4) is 0 Å². The summed E-state index contributed by atoms with van der Waals surface area (Å²) in [6.45, 7) is 9.66. The third-order valence-corrected chi connectivity index (χ3v) is 3.12. The van der Waals surface area contributed by atoms with E-state index in [0.717, 1.165) is 17.7 Å². The van der Waals surface area contributed by atoms with Crippen molar-refractivity contribution in [2.75, 3.05) is 18.5 Å². The molecular weight excluding hydrogens is 280 g/mol. The van der Waals surface area contributed by atoms with Gasteiger partial charge in [-0.3, -0.25) is 0 Å². The summed E-state index contributed by atoms with van der Waals surface area (Å²) in [5.41, 5.74) is 1.78. The third kappa shape index (κ3) is 8.00. The molecular formula is C17H28N2O3. The molecule has 22 heavy (non-hydrogen) atoms. The fourth-order valence-electron chi connectivity index (χ4n) is 1.76. The van der Waals surface area contributed by atoms with Crippen LogP contribution in [0.25, 0.3) is 0 Å². The fraction of sp³-hybridized carbons (Fsp3) is 0.588. The number of rotatable bonds is 9. The van der Waals surface area contributed by atoms with Gasteiger partial charge < -0.3 is 20.1 Å². The molecule has 0 unspecified atom stereocenters. The highest BCUT2D eigenvalue weighted by Crippen LogP contribution is 2.11. The molecule has 0 aliphatic rings. The summed E-state index contributed by atoms with van der Waals surface area (Å²) in [6, 6.07) is 7.63. The predicted octanol–water partition coefficient (Wildman–Crippen LogP) is 3.55. The second-order valence-electron chi connectivity index (χ2n) is 5.58. The number of benzene rings is 1. The molecule has 0 aliphatic heterocycles. The minimum Gasteiger partial charge on any atom is -0.376 e. The van der Waals surface area contributed by atoms with E-state index in [9.17, 15) is 4.79 Å². The topological polar surface area (TPSA) is 59.6 Å². The van der Waals surface area contributed by atoms with Crippen LogP contribution in [0.4, 0.5) is 10.5 Å². The normalized spacial score (nSPS) is 12.2. The predicted molar refractivity (Wildman–Crippen MR) is 89.1 cm³/mol. The highest BCUT2D eigenvalue weighted by molar-refractivity contribution is 5.89. The molecule has 0 fully saturated rings. The van der Waals surface area contributed by atoms with E-state index < -0.39 is 0 Å². The maximum atomic E-state index is 11.8. The molecule has 0 bridgehead atoms. The van der Waals surface area contributed by atoms with Gasteiger partial charge in [0.25, 0.3) is 0 Å². The summed E-state index contributed by atoms with van der Waals surface area (Å²) in [4.78, 5) is 11.8. The van der Waals surface area contributed by atoms with Gasteiger partial charge in [-0.15, -0.1) is 0 Å². The van der Waals surface area contributed by atoms with Crippen molar-refractivity contribution in [3.05, 3.63) is 29.8 Å². The van der Waals surface area contributed by atoms with E-state index in [1.807, 2.05) is 52.0 Å². The number of amides is 2. The van der Waals surface area contributed by atoms with Gasteiger partial charge in [-0.05, 0) is 44.9 Å². The summed E-state index contributed by atoms with van der Waals surface area (Å²) in [5, 5.41) is 5.70. The maximum absolute atomic E-state index is 11.8. The molecule has 0 heterocycles. The largest absolute Gasteiger partial charge is 0.376 e. The van der Waals surface area contributed by atoms with Crippen LogP contribution < -0.4 is 10.6 Å². The lowest BCUT2D eigenvalue weighted by Gasteiger charge is -2.13. The fourth-order valence-corrected chi connectivity index (χ4v) is 1.76. The molecule has 2 N–H and O–H groups in total. The standard InChI is InChI=1S/C17H28N2O3/c1-5-14(4)18-17(20)19-16-8-6-7-15(11-16)12-21-9-10-22-13(2)3/h6-8,11,13-14H,5,9-10,12H2,1-4H3,(H2,18,19,20)/t14-/m1/s1. The van der Waals surface area contributed by atoms with Crippen LogP contribution in [0.15, 0.2) is 24.3 Å². The van der Waals surface area contributed by atoms with Crippen LogP contribution in [0.2, 0.25) is 0 Å². The number of hydrogen-bond donors (Lipinski definition) is 2. The van der Waals surface area contributed by atoms with E-state index in [-0.39, 0.29) is 18.2 Å². The lowest BCUT2D eigenvalue weighted by Crippen LogP contribution is -2.35.